The Bertz CT molecular complexity index is 1550. The number of thioether (sulfide) groups is 1. The smallest absolute Gasteiger partial charge is 0.277 e. The fourth-order valence-electron chi connectivity index (χ4n) is 3.85. The van der Waals surface area contributed by atoms with Gasteiger partial charge in [-0.2, -0.15) is 5.10 Å². The van der Waals surface area contributed by atoms with Gasteiger partial charge in [-0.05, 0) is 70.0 Å². The summed E-state index contributed by atoms with van der Waals surface area (Å²) in [5.74, 6) is -0.676. The summed E-state index contributed by atoms with van der Waals surface area (Å²) in [4.78, 5) is 29.3. The van der Waals surface area contributed by atoms with Crippen molar-refractivity contribution in [2.45, 2.75) is 12.0 Å². The summed E-state index contributed by atoms with van der Waals surface area (Å²) >= 11 is 4.72. The highest BCUT2D eigenvalue weighted by Crippen LogP contribution is 2.45. The van der Waals surface area contributed by atoms with Crippen LogP contribution in [-0.4, -0.2) is 26.9 Å². The molecule has 1 aliphatic rings. The molecule has 2 N–H and O–H groups in total. The van der Waals surface area contributed by atoms with Gasteiger partial charge in [0.2, 0.25) is 5.91 Å². The van der Waals surface area contributed by atoms with E-state index in [1.807, 2.05) is 30.3 Å². The van der Waals surface area contributed by atoms with E-state index in [2.05, 4.69) is 26.0 Å². The van der Waals surface area contributed by atoms with E-state index in [-0.39, 0.29) is 18.3 Å². The van der Waals surface area contributed by atoms with E-state index >= 15 is 0 Å². The van der Waals surface area contributed by atoms with Gasteiger partial charge in [0, 0.05) is 33.6 Å². The predicted octanol–water partition coefficient (Wildman–Crippen LogP) is 5.91. The number of para-hydroxylation sites is 1. The highest BCUT2D eigenvalue weighted by molar-refractivity contribution is 9.10. The van der Waals surface area contributed by atoms with Crippen LogP contribution in [0, 0.1) is 5.82 Å². The van der Waals surface area contributed by atoms with Gasteiger partial charge >= 0.3 is 0 Å². The monoisotopic (exact) mass is 590 g/mol. The molecule has 0 spiro atoms. The first-order valence-corrected chi connectivity index (χ1v) is 13.1. The molecule has 2 heterocycles. The standard InChI is InChI=1S/C28H20BrFN4O3S/c29-21-13-20(14-32-15-21)27(36)34-28(38-26(33-34)18-8-10-22(30)11-9-18)23-6-1-2-7-24(23)37-16-17-4-3-5-19(12-17)25(31)35/h1-15,28H,16H2,(H2,31,35). The van der Waals surface area contributed by atoms with Gasteiger partial charge in [-0.25, -0.2) is 9.40 Å². The molecule has 3 aromatic carbocycles. The molecular weight excluding hydrogens is 571 g/mol. The van der Waals surface area contributed by atoms with E-state index < -0.39 is 11.3 Å². The van der Waals surface area contributed by atoms with Crippen LogP contribution in [0.5, 0.6) is 5.75 Å². The first kappa shape index (κ1) is 25.6. The van der Waals surface area contributed by atoms with E-state index in [0.717, 1.165) is 11.1 Å². The summed E-state index contributed by atoms with van der Waals surface area (Å²) in [5, 5.41) is 6.03. The number of aromatic nitrogens is 1. The molecular formula is C28H20BrFN4O3S. The lowest BCUT2D eigenvalue weighted by atomic mass is 10.1. The molecule has 190 valence electrons. The van der Waals surface area contributed by atoms with Gasteiger partial charge in [-0.15, -0.1) is 0 Å². The Balaban J connectivity index is 1.48. The molecule has 4 aromatic rings. The van der Waals surface area contributed by atoms with Gasteiger partial charge in [-0.3, -0.25) is 14.6 Å². The van der Waals surface area contributed by atoms with Crippen LogP contribution < -0.4 is 10.5 Å². The number of primary amides is 1. The number of halogens is 2. The van der Waals surface area contributed by atoms with Crippen LogP contribution in [0.4, 0.5) is 4.39 Å². The van der Waals surface area contributed by atoms with Gasteiger partial charge in [0.25, 0.3) is 5.91 Å². The van der Waals surface area contributed by atoms with Crippen LogP contribution in [0.25, 0.3) is 0 Å². The molecule has 38 heavy (non-hydrogen) atoms. The number of hydrogen-bond acceptors (Lipinski definition) is 6. The zero-order valence-corrected chi connectivity index (χ0v) is 22.2. The van der Waals surface area contributed by atoms with E-state index in [4.69, 9.17) is 10.5 Å². The molecule has 1 atom stereocenters. The van der Waals surface area contributed by atoms with Crippen LogP contribution in [-0.2, 0) is 6.61 Å². The first-order valence-electron chi connectivity index (χ1n) is 11.4. The molecule has 1 aliphatic heterocycles. The van der Waals surface area contributed by atoms with E-state index in [0.29, 0.717) is 32.0 Å². The topological polar surface area (TPSA) is 97.9 Å². The van der Waals surface area contributed by atoms with Gasteiger partial charge in [0.15, 0.2) is 0 Å². The number of nitrogens with zero attached hydrogens (tertiary/aromatic N) is 3. The van der Waals surface area contributed by atoms with Crippen LogP contribution in [0.15, 0.2) is 101 Å². The molecule has 1 unspecified atom stereocenters. The number of rotatable bonds is 7. The molecule has 10 heteroatoms. The van der Waals surface area contributed by atoms with Gasteiger partial charge < -0.3 is 10.5 Å². The average molecular weight is 591 g/mol. The minimum atomic E-state index is -0.560. The Morgan fingerprint density at radius 2 is 1.79 bits per heavy atom. The number of ether oxygens (including phenoxy) is 1. The van der Waals surface area contributed by atoms with Crippen molar-refractivity contribution in [1.29, 1.82) is 0 Å². The quantitative estimate of drug-likeness (QED) is 0.288. The number of amides is 2. The minimum absolute atomic E-state index is 0.185. The maximum atomic E-state index is 13.6. The van der Waals surface area contributed by atoms with Crippen LogP contribution in [0.1, 0.15) is 42.8 Å². The number of benzene rings is 3. The largest absolute Gasteiger partial charge is 0.489 e. The molecule has 0 radical (unpaired) electrons. The number of carbonyl (C=O) groups is 2. The Labute approximate surface area is 230 Å². The Morgan fingerprint density at radius 3 is 2.55 bits per heavy atom. The number of pyridine rings is 1. The molecule has 0 fully saturated rings. The lowest BCUT2D eigenvalue weighted by Crippen LogP contribution is -2.26. The van der Waals surface area contributed by atoms with Crippen LogP contribution in [0.3, 0.4) is 0 Å². The first-order chi connectivity index (χ1) is 18.4. The van der Waals surface area contributed by atoms with Gasteiger partial charge in [0.1, 0.15) is 28.6 Å². The van der Waals surface area contributed by atoms with Crippen molar-refractivity contribution in [2.24, 2.45) is 10.8 Å². The Hall–Kier alpha value is -4.02. The third kappa shape index (κ3) is 5.61. The van der Waals surface area contributed by atoms with Crippen molar-refractivity contribution < 1.29 is 18.7 Å². The number of carbonyl (C=O) groups excluding carboxylic acids is 2. The average Bonchev–Trinajstić information content (AvgIpc) is 3.37. The summed E-state index contributed by atoms with van der Waals surface area (Å²) in [6, 6.07) is 21.9. The highest BCUT2D eigenvalue weighted by Gasteiger charge is 2.36. The molecule has 5 rings (SSSR count). The van der Waals surface area contributed by atoms with Crippen LogP contribution >= 0.6 is 27.7 Å². The predicted molar refractivity (Wildman–Crippen MR) is 147 cm³/mol. The number of nitrogens with two attached hydrogens (primary N) is 1. The second kappa shape index (κ2) is 11.2. The molecule has 0 saturated carbocycles. The SMILES string of the molecule is NC(=O)c1cccc(COc2ccccc2C2SC(c3ccc(F)cc3)=NN2C(=O)c2cncc(Br)c2)c1. The molecule has 0 bridgehead atoms. The third-order valence-electron chi connectivity index (χ3n) is 5.69. The molecule has 0 saturated heterocycles. The minimum Gasteiger partial charge on any atom is -0.489 e. The Kier molecular flexibility index (Phi) is 7.52. The maximum Gasteiger partial charge on any atom is 0.277 e. The summed E-state index contributed by atoms with van der Waals surface area (Å²) < 4.78 is 20.4. The second-order valence-corrected chi connectivity index (χ2v) is 10.3. The van der Waals surface area contributed by atoms with Crippen molar-refractivity contribution in [3.05, 3.63) is 129 Å². The van der Waals surface area contributed by atoms with Crippen LogP contribution in [0.2, 0.25) is 0 Å². The molecule has 0 aliphatic carbocycles. The fraction of sp³-hybridized carbons (Fsp3) is 0.0714. The van der Waals surface area contributed by atoms with Crippen molar-refractivity contribution >= 4 is 44.5 Å². The lowest BCUT2D eigenvalue weighted by Gasteiger charge is -2.23. The summed E-state index contributed by atoms with van der Waals surface area (Å²) in [7, 11) is 0. The van der Waals surface area contributed by atoms with Gasteiger partial charge in [0.05, 0.1) is 5.56 Å². The maximum absolute atomic E-state index is 13.6. The van der Waals surface area contributed by atoms with E-state index in [1.54, 1.807) is 42.6 Å². The zero-order valence-electron chi connectivity index (χ0n) is 19.8. The third-order valence-corrected chi connectivity index (χ3v) is 7.34. The van der Waals surface area contributed by atoms with Crippen molar-refractivity contribution in [2.75, 3.05) is 0 Å². The van der Waals surface area contributed by atoms with E-state index in [9.17, 15) is 14.0 Å². The molecule has 7 nitrogen and oxygen atoms in total. The number of hydrogen-bond donors (Lipinski definition) is 1. The Morgan fingerprint density at radius 1 is 1.00 bits per heavy atom. The van der Waals surface area contributed by atoms with E-state index in [1.165, 1.54) is 35.1 Å². The summed E-state index contributed by atoms with van der Waals surface area (Å²) in [5.41, 5.74) is 8.33. The normalized spacial score (nSPS) is 14.7. The highest BCUT2D eigenvalue weighted by atomic mass is 79.9. The van der Waals surface area contributed by atoms with Gasteiger partial charge in [-0.1, -0.05) is 42.1 Å². The summed E-state index contributed by atoms with van der Waals surface area (Å²) in [6.07, 6.45) is 3.07. The lowest BCUT2D eigenvalue weighted by molar-refractivity contribution is 0.0746. The van der Waals surface area contributed by atoms with Crippen molar-refractivity contribution in [3.8, 4) is 5.75 Å². The zero-order chi connectivity index (χ0) is 26.6. The second-order valence-electron chi connectivity index (χ2n) is 8.31. The fourth-order valence-corrected chi connectivity index (χ4v) is 5.40. The van der Waals surface area contributed by atoms with Crippen molar-refractivity contribution in [3.63, 3.8) is 0 Å². The summed E-state index contributed by atoms with van der Waals surface area (Å²) in [6.45, 7) is 0.185. The molecule has 1 aromatic heterocycles. The number of hydrazone groups is 1. The van der Waals surface area contributed by atoms with Crippen molar-refractivity contribution in [1.82, 2.24) is 9.99 Å². The molecule has 2 amide bonds.